The normalized spacial score (nSPS) is 23.6. The third-order valence-electron chi connectivity index (χ3n) is 7.59. The molecule has 1 unspecified atom stereocenters. The molecule has 0 aromatic heterocycles. The van der Waals surface area contributed by atoms with E-state index in [2.05, 4.69) is 10.2 Å². The maximum absolute atomic E-state index is 15.7. The Morgan fingerprint density at radius 3 is 2.50 bits per heavy atom. The quantitative estimate of drug-likeness (QED) is 0.456. The predicted octanol–water partition coefficient (Wildman–Crippen LogP) is 4.50. The molecule has 0 amide bonds. The second-order valence-electron chi connectivity index (χ2n) is 10.4. The van der Waals surface area contributed by atoms with Crippen LogP contribution >= 0.6 is 0 Å². The minimum atomic E-state index is -3.47. The average molecular weight is 542 g/mol. The van der Waals surface area contributed by atoms with E-state index in [-0.39, 0.29) is 24.1 Å². The summed E-state index contributed by atoms with van der Waals surface area (Å²) in [6.45, 7) is 1.10. The Hall–Kier alpha value is -2.63. The van der Waals surface area contributed by atoms with Gasteiger partial charge in [-0.25, -0.2) is 17.6 Å². The van der Waals surface area contributed by atoms with Crippen LogP contribution in [0.1, 0.15) is 42.5 Å². The number of ether oxygens (including phenoxy) is 2. The van der Waals surface area contributed by atoms with Crippen LogP contribution < -0.4 is 14.8 Å². The van der Waals surface area contributed by atoms with Crippen LogP contribution in [0, 0.1) is 11.6 Å². The zero-order valence-corrected chi connectivity index (χ0v) is 21.2. The van der Waals surface area contributed by atoms with Gasteiger partial charge in [-0.3, -0.25) is 9.29 Å². The third kappa shape index (κ3) is 5.41. The largest absolute Gasteiger partial charge is 0.454 e. The Morgan fingerprint density at radius 2 is 1.82 bits per heavy atom. The molecule has 3 aliphatic rings. The lowest BCUT2D eigenvalue weighted by molar-refractivity contribution is -0.0867. The summed E-state index contributed by atoms with van der Waals surface area (Å²) in [4.78, 5) is 3.44. The van der Waals surface area contributed by atoms with Crippen molar-refractivity contribution in [3.05, 3.63) is 52.6 Å². The van der Waals surface area contributed by atoms with Gasteiger partial charge >= 0.3 is 0 Å². The van der Waals surface area contributed by atoms with Gasteiger partial charge in [-0.15, -0.1) is 0 Å². The highest BCUT2D eigenvalue weighted by molar-refractivity contribution is 5.55. The van der Waals surface area contributed by atoms with Crippen molar-refractivity contribution >= 4 is 5.69 Å². The van der Waals surface area contributed by atoms with Crippen molar-refractivity contribution < 1.29 is 36.5 Å². The van der Waals surface area contributed by atoms with Gasteiger partial charge in [0.15, 0.2) is 11.5 Å². The van der Waals surface area contributed by atoms with Gasteiger partial charge in [-0.1, -0.05) is 0 Å². The zero-order chi connectivity index (χ0) is 27.0. The minimum absolute atomic E-state index is 0.000205. The Morgan fingerprint density at radius 1 is 1.11 bits per heavy atom. The maximum Gasteiger partial charge on any atom is 0.283 e. The molecule has 0 saturated carbocycles. The molecule has 3 aliphatic heterocycles. The number of nitrogens with one attached hydrogen (secondary N) is 1. The highest BCUT2D eigenvalue weighted by Gasteiger charge is 2.43. The Kier molecular flexibility index (Phi) is 7.70. The number of fused-ring (bicyclic) bond motifs is 2. The molecule has 5 rings (SSSR count). The summed E-state index contributed by atoms with van der Waals surface area (Å²) in [5.74, 6) is -4.30. The number of aliphatic hydroxyl groups excluding tert-OH is 1. The van der Waals surface area contributed by atoms with Crippen LogP contribution in [0.3, 0.4) is 0 Å². The smallest absolute Gasteiger partial charge is 0.283 e. The maximum atomic E-state index is 15.7. The number of hydrogen-bond donors (Lipinski definition) is 2. The Bertz CT molecular complexity index is 1140. The molecule has 2 aromatic carbocycles. The molecule has 2 N–H and O–H groups in total. The van der Waals surface area contributed by atoms with Gasteiger partial charge < -0.3 is 24.8 Å². The topological polar surface area (TPSA) is 57.2 Å². The monoisotopic (exact) mass is 541 g/mol. The van der Waals surface area contributed by atoms with Crippen LogP contribution in [-0.2, 0) is 6.42 Å². The third-order valence-corrected chi connectivity index (χ3v) is 7.59. The fraction of sp³-hybridized carbons (Fsp3) is 0.556. The molecule has 6 nitrogen and oxygen atoms in total. The lowest BCUT2D eigenvalue weighted by Crippen LogP contribution is -2.49. The van der Waals surface area contributed by atoms with Crippen LogP contribution in [0.5, 0.6) is 11.5 Å². The van der Waals surface area contributed by atoms with Gasteiger partial charge in [-0.2, -0.15) is 0 Å². The second kappa shape index (κ2) is 10.9. The molecule has 11 heteroatoms. The predicted molar refractivity (Wildman–Crippen MR) is 132 cm³/mol. The van der Waals surface area contributed by atoms with Crippen molar-refractivity contribution in [2.45, 2.75) is 50.2 Å². The number of benzene rings is 2. The first-order valence-corrected chi connectivity index (χ1v) is 12.9. The van der Waals surface area contributed by atoms with E-state index < -0.39 is 49.5 Å². The first-order chi connectivity index (χ1) is 18.2. The summed E-state index contributed by atoms with van der Waals surface area (Å²) in [5.41, 5.74) is 1.10. The number of likely N-dealkylation sites (tertiary alicyclic amines) is 1. The van der Waals surface area contributed by atoms with E-state index in [0.29, 0.717) is 43.0 Å². The van der Waals surface area contributed by atoms with E-state index >= 15 is 8.78 Å². The van der Waals surface area contributed by atoms with Crippen LogP contribution in [0.2, 0.25) is 0 Å². The molecule has 3 heterocycles. The Balaban J connectivity index is 1.49. The van der Waals surface area contributed by atoms with Crippen molar-refractivity contribution in [2.24, 2.45) is 0 Å². The number of halogens is 5. The van der Waals surface area contributed by atoms with Crippen molar-refractivity contribution in [1.29, 1.82) is 0 Å². The van der Waals surface area contributed by atoms with Crippen molar-refractivity contribution in [3.63, 3.8) is 0 Å². The fourth-order valence-corrected chi connectivity index (χ4v) is 5.79. The molecular weight excluding hydrogens is 509 g/mol. The number of nitrogens with zero attached hydrogens (tertiary/aromatic N) is 2. The first-order valence-electron chi connectivity index (χ1n) is 12.9. The fourth-order valence-electron chi connectivity index (χ4n) is 5.79. The summed E-state index contributed by atoms with van der Waals surface area (Å²) in [7, 11) is 0. The number of aliphatic hydroxyl groups is 1. The van der Waals surface area contributed by atoms with E-state index in [0.717, 1.165) is 18.5 Å². The number of anilines is 1. The van der Waals surface area contributed by atoms with Gasteiger partial charge in [0.05, 0.1) is 19.3 Å². The first kappa shape index (κ1) is 27.0. The molecule has 38 heavy (non-hydrogen) atoms. The molecule has 208 valence electrons. The van der Waals surface area contributed by atoms with Gasteiger partial charge in [0.1, 0.15) is 18.2 Å². The molecule has 0 aliphatic carbocycles. The zero-order valence-electron chi connectivity index (χ0n) is 21.2. The second-order valence-corrected chi connectivity index (χ2v) is 10.4. The van der Waals surface area contributed by atoms with Crippen molar-refractivity contribution in [2.75, 3.05) is 51.6 Å². The summed E-state index contributed by atoms with van der Waals surface area (Å²) >= 11 is 0. The molecule has 3 atom stereocenters. The minimum Gasteiger partial charge on any atom is -0.454 e. The molecule has 1 fully saturated rings. The average Bonchev–Trinajstić information content (AvgIpc) is 3.51. The van der Waals surface area contributed by atoms with E-state index in [4.69, 9.17) is 9.47 Å². The molecule has 2 aromatic rings. The SMILES string of the molecule is C[C@@H]1Cc2cc3c(cc2[C@@H](c2c(F)cc(NC4CCN(CCCF)C4)cc2F)N1CC(F)(F)CO)OCO3. The summed E-state index contributed by atoms with van der Waals surface area (Å²) < 4.78 is 83.8. The van der Waals surface area contributed by atoms with Gasteiger partial charge in [0, 0.05) is 43.0 Å². The van der Waals surface area contributed by atoms with Crippen LogP contribution in [0.4, 0.5) is 27.6 Å². The number of hydrogen-bond acceptors (Lipinski definition) is 6. The lowest BCUT2D eigenvalue weighted by atomic mass is 9.84. The van der Waals surface area contributed by atoms with E-state index in [1.807, 2.05) is 0 Å². The molecule has 0 spiro atoms. The number of rotatable bonds is 9. The molecule has 0 bridgehead atoms. The van der Waals surface area contributed by atoms with E-state index in [1.54, 1.807) is 19.1 Å². The van der Waals surface area contributed by atoms with Gasteiger partial charge in [0.25, 0.3) is 5.92 Å². The van der Waals surface area contributed by atoms with Crippen LogP contribution in [-0.4, -0.2) is 79.2 Å². The van der Waals surface area contributed by atoms with Gasteiger partial charge in [0.2, 0.25) is 6.79 Å². The highest BCUT2D eigenvalue weighted by Crippen LogP contribution is 2.46. The highest BCUT2D eigenvalue weighted by atomic mass is 19.3. The standard InChI is InChI=1S/C27H32F5N3O3/c1-16-7-17-8-23-24(38-15-37-23)11-20(17)26(35(16)13-27(31,32)14-36)25-21(29)9-19(10-22(25)30)33-18-3-6-34(12-18)5-2-4-28/h8-11,16,18,26,33,36H,2-7,12-15H2,1H3/t16-,18?,26+/m1/s1. The van der Waals surface area contributed by atoms with Crippen LogP contribution in [0.25, 0.3) is 0 Å². The van der Waals surface area contributed by atoms with Crippen LogP contribution in [0.15, 0.2) is 24.3 Å². The summed E-state index contributed by atoms with van der Waals surface area (Å²) in [5, 5.41) is 12.4. The van der Waals surface area contributed by atoms with Crippen molar-refractivity contribution in [3.8, 4) is 11.5 Å². The molecular formula is C27H32F5N3O3. The number of alkyl halides is 3. The van der Waals surface area contributed by atoms with E-state index in [9.17, 15) is 18.3 Å². The molecule has 0 radical (unpaired) electrons. The summed E-state index contributed by atoms with van der Waals surface area (Å²) in [6.07, 6.45) is 1.55. The molecule has 1 saturated heterocycles. The van der Waals surface area contributed by atoms with Gasteiger partial charge in [-0.05, 0) is 61.6 Å². The summed E-state index contributed by atoms with van der Waals surface area (Å²) in [6, 6.07) is 4.01. The Labute approximate surface area is 218 Å². The van der Waals surface area contributed by atoms with Crippen molar-refractivity contribution in [1.82, 2.24) is 9.80 Å². The lowest BCUT2D eigenvalue weighted by Gasteiger charge is -2.43. The van der Waals surface area contributed by atoms with E-state index in [1.165, 1.54) is 17.0 Å².